The van der Waals surface area contributed by atoms with Crippen molar-refractivity contribution in [1.29, 1.82) is 0 Å². The third kappa shape index (κ3) is 4.28. The highest BCUT2D eigenvalue weighted by Crippen LogP contribution is 2.23. The van der Waals surface area contributed by atoms with E-state index in [1.54, 1.807) is 20.8 Å². The van der Waals surface area contributed by atoms with E-state index in [1.807, 2.05) is 0 Å². The Labute approximate surface area is 113 Å². The van der Waals surface area contributed by atoms with Gasteiger partial charge in [-0.05, 0) is 33.6 Å². The second-order valence-electron chi connectivity index (χ2n) is 4.92. The average molecular weight is 274 g/mol. The number of hydrogen-bond acceptors (Lipinski definition) is 5. The van der Waals surface area contributed by atoms with Crippen LogP contribution in [-0.4, -0.2) is 42.6 Å². The first kappa shape index (κ1) is 15.5. The molecule has 1 heterocycles. The van der Waals surface area contributed by atoms with Crippen LogP contribution in [0, 0.1) is 5.41 Å². The predicted molar refractivity (Wildman–Crippen MR) is 71.7 cm³/mol. The Morgan fingerprint density at radius 1 is 1.44 bits per heavy atom. The van der Waals surface area contributed by atoms with Crippen LogP contribution < -0.4 is 0 Å². The maximum Gasteiger partial charge on any atom is 0.319 e. The lowest BCUT2D eigenvalue weighted by atomic mass is 9.89. The van der Waals surface area contributed by atoms with Gasteiger partial charge in [-0.1, -0.05) is 0 Å². The highest BCUT2D eigenvalue weighted by atomic mass is 32.2. The summed E-state index contributed by atoms with van der Waals surface area (Å²) in [6, 6.07) is 0. The molecular weight excluding hydrogens is 252 g/mol. The van der Waals surface area contributed by atoms with Gasteiger partial charge >= 0.3 is 5.97 Å². The molecule has 104 valence electrons. The number of ketones is 1. The van der Waals surface area contributed by atoms with Crippen LogP contribution in [0.25, 0.3) is 0 Å². The molecule has 0 N–H and O–H groups in total. The summed E-state index contributed by atoms with van der Waals surface area (Å²) in [5, 5.41) is 0. The first-order chi connectivity index (χ1) is 8.48. The Bertz CT molecular complexity index is 295. The van der Waals surface area contributed by atoms with Gasteiger partial charge in [-0.25, -0.2) is 0 Å². The van der Waals surface area contributed by atoms with Gasteiger partial charge in [-0.15, -0.1) is 0 Å². The maximum atomic E-state index is 12.0. The van der Waals surface area contributed by atoms with E-state index in [0.717, 1.165) is 25.2 Å². The van der Waals surface area contributed by atoms with E-state index in [-0.39, 0.29) is 11.9 Å². The van der Waals surface area contributed by atoms with Crippen LogP contribution in [0.2, 0.25) is 0 Å². The second-order valence-corrected chi connectivity index (χ2v) is 5.95. The largest absolute Gasteiger partial charge is 0.465 e. The Morgan fingerprint density at radius 3 is 2.72 bits per heavy atom. The molecule has 1 aliphatic heterocycles. The van der Waals surface area contributed by atoms with E-state index in [9.17, 15) is 9.59 Å². The van der Waals surface area contributed by atoms with Gasteiger partial charge in [0, 0.05) is 12.4 Å². The Morgan fingerprint density at radius 2 is 2.17 bits per heavy atom. The van der Waals surface area contributed by atoms with E-state index >= 15 is 0 Å². The number of hydrogen-bond donors (Lipinski definition) is 0. The Kier molecular flexibility index (Phi) is 6.15. The zero-order valence-corrected chi connectivity index (χ0v) is 12.2. The maximum absolute atomic E-state index is 12.0. The molecule has 0 amide bonds. The molecule has 1 unspecified atom stereocenters. The lowest BCUT2D eigenvalue weighted by Crippen LogP contribution is -2.36. The highest BCUT2D eigenvalue weighted by molar-refractivity contribution is 8.00. The molecule has 0 bridgehead atoms. The summed E-state index contributed by atoms with van der Waals surface area (Å²) in [6.45, 7) is 6.12. The van der Waals surface area contributed by atoms with E-state index in [1.165, 1.54) is 11.8 Å². The van der Waals surface area contributed by atoms with Crippen molar-refractivity contribution in [3.8, 4) is 0 Å². The minimum Gasteiger partial charge on any atom is -0.465 e. The number of carbonyl (C=O) groups is 2. The molecular formula is C13H22O4S. The predicted octanol–water partition coefficient (Wildman–Crippen LogP) is 2.06. The van der Waals surface area contributed by atoms with Gasteiger partial charge < -0.3 is 9.47 Å². The monoisotopic (exact) mass is 274 g/mol. The van der Waals surface area contributed by atoms with Crippen LogP contribution in [0.4, 0.5) is 0 Å². The fourth-order valence-corrected chi connectivity index (χ4v) is 2.85. The molecule has 1 saturated heterocycles. The van der Waals surface area contributed by atoms with E-state index < -0.39 is 11.4 Å². The van der Waals surface area contributed by atoms with E-state index in [2.05, 4.69) is 0 Å². The summed E-state index contributed by atoms with van der Waals surface area (Å²) in [4.78, 5) is 23.6. The van der Waals surface area contributed by atoms with Crippen molar-refractivity contribution in [2.75, 3.05) is 24.7 Å². The molecule has 0 saturated carbocycles. The molecule has 5 heteroatoms. The lowest BCUT2D eigenvalue weighted by Gasteiger charge is -2.20. The first-order valence-corrected chi connectivity index (χ1v) is 7.53. The van der Waals surface area contributed by atoms with Crippen LogP contribution in [-0.2, 0) is 19.1 Å². The van der Waals surface area contributed by atoms with Crippen molar-refractivity contribution in [1.82, 2.24) is 0 Å². The summed E-state index contributed by atoms with van der Waals surface area (Å²) in [7, 11) is 0. The fourth-order valence-electron chi connectivity index (χ4n) is 1.66. The Balaban J connectivity index is 2.31. The normalized spacial score (nSPS) is 19.8. The molecule has 0 aromatic rings. The summed E-state index contributed by atoms with van der Waals surface area (Å²) in [6.07, 6.45) is 2.45. The van der Waals surface area contributed by atoms with E-state index in [0.29, 0.717) is 12.4 Å². The van der Waals surface area contributed by atoms with Gasteiger partial charge in [0.2, 0.25) is 0 Å². The third-order valence-corrected chi connectivity index (χ3v) is 4.12. The SMILES string of the molecule is CCOC(=O)C(C)(C)C(=O)CSCC1CCCO1. The van der Waals surface area contributed by atoms with Gasteiger partial charge in [-0.2, -0.15) is 11.8 Å². The van der Waals surface area contributed by atoms with Crippen molar-refractivity contribution in [3.63, 3.8) is 0 Å². The summed E-state index contributed by atoms with van der Waals surface area (Å²) < 4.78 is 10.4. The quantitative estimate of drug-likeness (QED) is 0.525. The van der Waals surface area contributed by atoms with Crippen LogP contribution >= 0.6 is 11.8 Å². The zero-order chi connectivity index (χ0) is 13.6. The summed E-state index contributed by atoms with van der Waals surface area (Å²) in [5.41, 5.74) is -1.04. The van der Waals surface area contributed by atoms with E-state index in [4.69, 9.17) is 9.47 Å². The van der Waals surface area contributed by atoms with Crippen molar-refractivity contribution < 1.29 is 19.1 Å². The van der Waals surface area contributed by atoms with Gasteiger partial charge in [-0.3, -0.25) is 9.59 Å². The van der Waals surface area contributed by atoms with Crippen LogP contribution in [0.15, 0.2) is 0 Å². The second kappa shape index (κ2) is 7.14. The average Bonchev–Trinajstić information content (AvgIpc) is 2.82. The standard InChI is InChI=1S/C13H22O4S/c1-4-16-12(15)13(2,3)11(14)9-18-8-10-6-5-7-17-10/h10H,4-9H2,1-3H3. The molecule has 4 nitrogen and oxygen atoms in total. The number of ether oxygens (including phenoxy) is 2. The van der Waals surface area contributed by atoms with Gasteiger partial charge in [0.05, 0.1) is 18.5 Å². The fraction of sp³-hybridized carbons (Fsp3) is 0.846. The summed E-state index contributed by atoms with van der Waals surface area (Å²) >= 11 is 1.54. The van der Waals surface area contributed by atoms with Crippen molar-refractivity contribution in [3.05, 3.63) is 0 Å². The zero-order valence-electron chi connectivity index (χ0n) is 11.4. The van der Waals surface area contributed by atoms with Crippen LogP contribution in [0.5, 0.6) is 0 Å². The number of carbonyl (C=O) groups excluding carboxylic acids is 2. The summed E-state index contributed by atoms with van der Waals surface area (Å²) in [5.74, 6) is 0.646. The molecule has 1 fully saturated rings. The van der Waals surface area contributed by atoms with Crippen molar-refractivity contribution in [2.24, 2.45) is 5.41 Å². The number of thioether (sulfide) groups is 1. The lowest BCUT2D eigenvalue weighted by molar-refractivity contribution is -0.157. The highest BCUT2D eigenvalue weighted by Gasteiger charge is 2.36. The number of esters is 1. The topological polar surface area (TPSA) is 52.6 Å². The Hall–Kier alpha value is -0.550. The van der Waals surface area contributed by atoms with Gasteiger partial charge in [0.15, 0.2) is 5.78 Å². The molecule has 1 atom stereocenters. The first-order valence-electron chi connectivity index (χ1n) is 6.38. The molecule has 18 heavy (non-hydrogen) atoms. The molecule has 0 aromatic heterocycles. The number of Topliss-reactive ketones (excluding diaryl/α,β-unsaturated/α-hetero) is 1. The minimum absolute atomic E-state index is 0.0797. The van der Waals surface area contributed by atoms with Crippen LogP contribution in [0.1, 0.15) is 33.6 Å². The van der Waals surface area contributed by atoms with Crippen molar-refractivity contribution in [2.45, 2.75) is 39.7 Å². The van der Waals surface area contributed by atoms with Crippen molar-refractivity contribution >= 4 is 23.5 Å². The van der Waals surface area contributed by atoms with Crippen LogP contribution in [0.3, 0.4) is 0 Å². The molecule has 0 radical (unpaired) electrons. The van der Waals surface area contributed by atoms with Gasteiger partial charge in [0.1, 0.15) is 5.41 Å². The molecule has 1 aliphatic rings. The third-order valence-electron chi connectivity index (χ3n) is 3.04. The smallest absolute Gasteiger partial charge is 0.319 e. The minimum atomic E-state index is -1.04. The molecule has 0 aliphatic carbocycles. The molecule has 0 aromatic carbocycles. The van der Waals surface area contributed by atoms with Gasteiger partial charge in [0.25, 0.3) is 0 Å². The molecule has 1 rings (SSSR count). The number of rotatable bonds is 7. The molecule has 0 spiro atoms.